The third kappa shape index (κ3) is 3.65. The maximum absolute atomic E-state index is 12.8. The van der Waals surface area contributed by atoms with Gasteiger partial charge in [0.1, 0.15) is 12.1 Å². The number of imide groups is 1. The summed E-state index contributed by atoms with van der Waals surface area (Å²) in [4.78, 5) is 51.3. The van der Waals surface area contributed by atoms with E-state index in [-0.39, 0.29) is 5.91 Å². The van der Waals surface area contributed by atoms with Gasteiger partial charge in [-0.2, -0.15) is 0 Å². The van der Waals surface area contributed by atoms with Gasteiger partial charge in [-0.15, -0.1) is 0 Å². The van der Waals surface area contributed by atoms with Crippen molar-refractivity contribution in [3.8, 4) is 0 Å². The van der Waals surface area contributed by atoms with Gasteiger partial charge in [0.05, 0.1) is 0 Å². The molecular weight excluding hydrogens is 350 g/mol. The van der Waals surface area contributed by atoms with Crippen molar-refractivity contribution in [3.63, 3.8) is 0 Å². The molecule has 2 heterocycles. The van der Waals surface area contributed by atoms with Crippen molar-refractivity contribution in [2.75, 3.05) is 18.0 Å². The molecule has 8 heteroatoms. The van der Waals surface area contributed by atoms with Crippen molar-refractivity contribution in [2.24, 2.45) is 0 Å². The van der Waals surface area contributed by atoms with E-state index >= 15 is 0 Å². The van der Waals surface area contributed by atoms with Crippen LogP contribution < -0.4 is 10.2 Å². The molecule has 1 atom stereocenters. The summed E-state index contributed by atoms with van der Waals surface area (Å²) in [5, 5.41) is 2.49. The zero-order valence-corrected chi connectivity index (χ0v) is 15.7. The smallest absolute Gasteiger partial charge is 0.327 e. The van der Waals surface area contributed by atoms with Crippen LogP contribution in [0.25, 0.3) is 0 Å². The first-order valence-electron chi connectivity index (χ1n) is 8.93. The molecule has 8 nitrogen and oxygen atoms in total. The summed E-state index contributed by atoms with van der Waals surface area (Å²) in [5.74, 6) is -1.64. The van der Waals surface area contributed by atoms with Crippen LogP contribution in [0.15, 0.2) is 24.3 Å². The highest BCUT2D eigenvalue weighted by Gasteiger charge is 2.45. The Bertz CT molecular complexity index is 804. The van der Waals surface area contributed by atoms with Gasteiger partial charge in [0.2, 0.25) is 0 Å². The SMILES string of the molecule is CC(OC(=O)CN1C(=O)NC(C)(C)C1=O)C(=O)N1CCCc2ccccc21. The Hall–Kier alpha value is -2.90. The number of fused-ring (bicyclic) bond motifs is 1. The fourth-order valence-electron chi connectivity index (χ4n) is 3.36. The van der Waals surface area contributed by atoms with E-state index in [1.807, 2.05) is 24.3 Å². The van der Waals surface area contributed by atoms with Gasteiger partial charge in [-0.25, -0.2) is 4.79 Å². The van der Waals surface area contributed by atoms with Crippen LogP contribution in [0.1, 0.15) is 32.8 Å². The quantitative estimate of drug-likeness (QED) is 0.633. The lowest BCUT2D eigenvalue weighted by atomic mass is 10.0. The molecule has 0 aromatic heterocycles. The summed E-state index contributed by atoms with van der Waals surface area (Å²) in [6.07, 6.45) is 0.717. The van der Waals surface area contributed by atoms with E-state index in [9.17, 15) is 19.2 Å². The maximum atomic E-state index is 12.8. The second-order valence-corrected chi connectivity index (χ2v) is 7.30. The fraction of sp³-hybridized carbons (Fsp3) is 0.474. The van der Waals surface area contributed by atoms with Gasteiger partial charge < -0.3 is 15.0 Å². The van der Waals surface area contributed by atoms with E-state index in [0.717, 1.165) is 29.0 Å². The van der Waals surface area contributed by atoms with Crippen LogP contribution in [0.4, 0.5) is 10.5 Å². The molecule has 2 aliphatic heterocycles. The van der Waals surface area contributed by atoms with Gasteiger partial charge in [0.25, 0.3) is 11.8 Å². The molecule has 0 aliphatic carbocycles. The van der Waals surface area contributed by atoms with E-state index in [1.54, 1.807) is 18.7 Å². The van der Waals surface area contributed by atoms with Gasteiger partial charge in [0.15, 0.2) is 6.10 Å². The van der Waals surface area contributed by atoms with Crippen LogP contribution in [0.2, 0.25) is 0 Å². The molecule has 2 aliphatic rings. The lowest BCUT2D eigenvalue weighted by Crippen LogP contribution is -2.45. The maximum Gasteiger partial charge on any atom is 0.327 e. The number of aryl methyl sites for hydroxylation is 1. The number of ether oxygens (including phenoxy) is 1. The van der Waals surface area contributed by atoms with Crippen molar-refractivity contribution < 1.29 is 23.9 Å². The number of nitrogens with zero attached hydrogens (tertiary/aromatic N) is 2. The molecule has 1 aromatic rings. The highest BCUT2D eigenvalue weighted by molar-refractivity contribution is 6.08. The minimum atomic E-state index is -1.06. The Morgan fingerprint density at radius 2 is 1.96 bits per heavy atom. The van der Waals surface area contributed by atoms with E-state index in [1.165, 1.54) is 6.92 Å². The number of rotatable bonds is 4. The van der Waals surface area contributed by atoms with Crippen molar-refractivity contribution in [3.05, 3.63) is 29.8 Å². The fourth-order valence-corrected chi connectivity index (χ4v) is 3.36. The first-order valence-corrected chi connectivity index (χ1v) is 8.93. The average molecular weight is 373 g/mol. The molecule has 0 bridgehead atoms. The van der Waals surface area contributed by atoms with E-state index in [0.29, 0.717) is 6.54 Å². The molecule has 144 valence electrons. The Labute approximate surface area is 157 Å². The topological polar surface area (TPSA) is 96.0 Å². The lowest BCUT2D eigenvalue weighted by molar-refractivity contribution is -0.155. The number of amides is 4. The average Bonchev–Trinajstić information content (AvgIpc) is 2.82. The molecule has 0 radical (unpaired) electrons. The molecule has 4 amide bonds. The lowest BCUT2D eigenvalue weighted by Gasteiger charge is -2.31. The number of hydrogen-bond donors (Lipinski definition) is 1. The van der Waals surface area contributed by atoms with Crippen LogP contribution in [0.5, 0.6) is 0 Å². The zero-order valence-electron chi connectivity index (χ0n) is 15.7. The monoisotopic (exact) mass is 373 g/mol. The number of para-hydroxylation sites is 1. The van der Waals surface area contributed by atoms with Crippen LogP contribution in [-0.4, -0.2) is 53.4 Å². The van der Waals surface area contributed by atoms with Crippen molar-refractivity contribution in [2.45, 2.75) is 45.3 Å². The molecule has 1 saturated heterocycles. The predicted octanol–water partition coefficient (Wildman–Crippen LogP) is 1.23. The van der Waals surface area contributed by atoms with Gasteiger partial charge in [-0.1, -0.05) is 18.2 Å². The Balaban J connectivity index is 1.63. The van der Waals surface area contributed by atoms with E-state index in [2.05, 4.69) is 5.32 Å². The summed E-state index contributed by atoms with van der Waals surface area (Å²) in [5.41, 5.74) is 0.848. The number of hydrogen-bond acceptors (Lipinski definition) is 5. The summed E-state index contributed by atoms with van der Waals surface area (Å²) < 4.78 is 5.20. The summed E-state index contributed by atoms with van der Waals surface area (Å²) >= 11 is 0. The van der Waals surface area contributed by atoms with Gasteiger partial charge in [-0.05, 0) is 45.2 Å². The summed E-state index contributed by atoms with van der Waals surface area (Å²) in [6, 6.07) is 6.99. The normalized spacial score (nSPS) is 19.4. The number of nitrogens with one attached hydrogen (secondary N) is 1. The molecule has 0 saturated carbocycles. The third-order valence-electron chi connectivity index (χ3n) is 4.76. The number of esters is 1. The highest BCUT2D eigenvalue weighted by atomic mass is 16.5. The summed E-state index contributed by atoms with van der Waals surface area (Å²) in [6.45, 7) is 4.63. The second-order valence-electron chi connectivity index (χ2n) is 7.30. The Morgan fingerprint density at radius 1 is 1.26 bits per heavy atom. The van der Waals surface area contributed by atoms with Crippen molar-refractivity contribution >= 4 is 29.5 Å². The number of carbonyl (C=O) groups excluding carboxylic acids is 4. The molecule has 27 heavy (non-hydrogen) atoms. The Morgan fingerprint density at radius 3 is 2.63 bits per heavy atom. The van der Waals surface area contributed by atoms with Crippen molar-refractivity contribution in [1.29, 1.82) is 0 Å². The molecule has 3 rings (SSSR count). The zero-order chi connectivity index (χ0) is 19.8. The summed E-state index contributed by atoms with van der Waals surface area (Å²) in [7, 11) is 0. The molecule has 1 fully saturated rings. The van der Waals surface area contributed by atoms with Gasteiger partial charge in [-0.3, -0.25) is 19.3 Å². The van der Waals surface area contributed by atoms with Gasteiger partial charge >= 0.3 is 12.0 Å². The predicted molar refractivity (Wildman–Crippen MR) is 97.0 cm³/mol. The minimum absolute atomic E-state index is 0.326. The number of urea groups is 1. The first kappa shape index (κ1) is 18.9. The first-order chi connectivity index (χ1) is 12.7. The number of carbonyl (C=O) groups is 4. The molecule has 1 aromatic carbocycles. The largest absolute Gasteiger partial charge is 0.451 e. The molecular formula is C19H23N3O5. The van der Waals surface area contributed by atoms with Gasteiger partial charge in [0, 0.05) is 12.2 Å². The highest BCUT2D eigenvalue weighted by Crippen LogP contribution is 2.27. The minimum Gasteiger partial charge on any atom is -0.451 e. The molecule has 1 N–H and O–H groups in total. The van der Waals surface area contributed by atoms with E-state index < -0.39 is 36.1 Å². The Kier molecular flexibility index (Phi) is 4.91. The molecule has 1 unspecified atom stereocenters. The second kappa shape index (κ2) is 7.02. The van der Waals surface area contributed by atoms with Crippen molar-refractivity contribution in [1.82, 2.24) is 10.2 Å². The van der Waals surface area contributed by atoms with E-state index in [4.69, 9.17) is 4.74 Å². The van der Waals surface area contributed by atoms with Crippen LogP contribution >= 0.6 is 0 Å². The van der Waals surface area contributed by atoms with Crippen LogP contribution in [0.3, 0.4) is 0 Å². The number of benzene rings is 1. The third-order valence-corrected chi connectivity index (χ3v) is 4.76. The van der Waals surface area contributed by atoms with Crippen LogP contribution in [-0.2, 0) is 25.5 Å². The van der Waals surface area contributed by atoms with Crippen LogP contribution in [0, 0.1) is 0 Å². The number of anilines is 1. The standard InChI is InChI=1S/C19H23N3O5/c1-12(16(24)21-10-6-8-13-7-4-5-9-14(13)21)27-15(23)11-22-17(25)19(2,3)20-18(22)26/h4-5,7,9,12H,6,8,10-11H2,1-3H3,(H,20,26). The molecule has 0 spiro atoms.